The molecule has 2 aromatic heterocycles. The number of nitrogens with zero attached hydrogens (tertiary/aromatic N) is 4. The largest absolute Gasteiger partial charge is 0.509 e. The number of rotatable bonds is 2. The third kappa shape index (κ3) is 1.70. The average molecular weight is 305 g/mol. The highest BCUT2D eigenvalue weighted by Crippen LogP contribution is 2.51. The van der Waals surface area contributed by atoms with Crippen LogP contribution in [0.15, 0.2) is 29.1 Å². The molecular weight excluding hydrogens is 294 g/mol. The molecule has 0 fully saturated rings. The van der Waals surface area contributed by atoms with E-state index in [1.807, 2.05) is 6.07 Å². The second-order valence-corrected chi connectivity index (χ2v) is 5.82. The molecule has 0 spiro atoms. The summed E-state index contributed by atoms with van der Waals surface area (Å²) < 4.78 is -0.106. The monoisotopic (exact) mass is 305 g/mol. The van der Waals surface area contributed by atoms with Gasteiger partial charge in [0.25, 0.3) is 0 Å². The van der Waals surface area contributed by atoms with Gasteiger partial charge in [0.2, 0.25) is 0 Å². The SMILES string of the molecule is N#C[C@@]1(c2ccc3c(N)ncnn23)SC(CO)=C(O)C1O. The molecule has 5 N–H and O–H groups in total. The number of fused-ring (bicyclic) bond motifs is 1. The van der Waals surface area contributed by atoms with E-state index in [4.69, 9.17) is 5.73 Å². The van der Waals surface area contributed by atoms with Gasteiger partial charge in [-0.1, -0.05) is 11.8 Å². The van der Waals surface area contributed by atoms with E-state index in [-0.39, 0.29) is 10.7 Å². The summed E-state index contributed by atoms with van der Waals surface area (Å²) in [6, 6.07) is 5.23. The van der Waals surface area contributed by atoms with Crippen molar-refractivity contribution in [3.8, 4) is 6.07 Å². The Labute approximate surface area is 123 Å². The molecule has 0 radical (unpaired) electrons. The summed E-state index contributed by atoms with van der Waals surface area (Å²) >= 11 is 0.899. The Morgan fingerprint density at radius 1 is 1.52 bits per heavy atom. The van der Waals surface area contributed by atoms with Crippen molar-refractivity contribution in [2.75, 3.05) is 12.3 Å². The number of hydrogen-bond acceptors (Lipinski definition) is 8. The van der Waals surface area contributed by atoms with E-state index in [0.29, 0.717) is 11.2 Å². The molecule has 0 bridgehead atoms. The lowest BCUT2D eigenvalue weighted by Crippen LogP contribution is -2.34. The molecule has 0 aromatic carbocycles. The number of hydrogen-bond donors (Lipinski definition) is 4. The van der Waals surface area contributed by atoms with Crippen LogP contribution in [0.2, 0.25) is 0 Å². The third-order valence-corrected chi connectivity index (χ3v) is 4.82. The van der Waals surface area contributed by atoms with Gasteiger partial charge < -0.3 is 21.1 Å². The second-order valence-electron chi connectivity index (χ2n) is 4.48. The van der Waals surface area contributed by atoms with Crippen LogP contribution in [0.25, 0.3) is 5.52 Å². The quantitative estimate of drug-likeness (QED) is 0.603. The van der Waals surface area contributed by atoms with Crippen molar-refractivity contribution >= 4 is 23.1 Å². The molecule has 0 saturated heterocycles. The van der Waals surface area contributed by atoms with Gasteiger partial charge in [-0.3, -0.25) is 0 Å². The fourth-order valence-electron chi connectivity index (χ4n) is 2.33. The smallest absolute Gasteiger partial charge is 0.182 e. The number of nitrogen functional groups attached to an aromatic ring is 1. The topological polar surface area (TPSA) is 141 Å². The number of aliphatic hydroxyl groups is 3. The van der Waals surface area contributed by atoms with Gasteiger partial charge >= 0.3 is 0 Å². The molecule has 21 heavy (non-hydrogen) atoms. The molecule has 2 aromatic rings. The van der Waals surface area contributed by atoms with Gasteiger partial charge in [0, 0.05) is 0 Å². The van der Waals surface area contributed by atoms with Crippen molar-refractivity contribution in [1.82, 2.24) is 14.6 Å². The summed E-state index contributed by atoms with van der Waals surface area (Å²) in [4.78, 5) is 4.01. The van der Waals surface area contributed by atoms with E-state index in [0.717, 1.165) is 11.8 Å². The lowest BCUT2D eigenvalue weighted by molar-refractivity contribution is 0.132. The molecule has 0 aliphatic carbocycles. The predicted octanol–water partition coefficient (Wildman–Crippen LogP) is -0.100. The standard InChI is InChI=1S/C12H11N5O3S/c13-4-12(10(20)9(19)7(3-18)21-12)8-2-1-6-11(14)15-5-16-17(6)8/h1-2,5,10,18-20H,3H2,(H2,14,15,16)/t10?,12-/m0/s1. The first-order chi connectivity index (χ1) is 10.0. The van der Waals surface area contributed by atoms with E-state index >= 15 is 0 Å². The molecule has 2 atom stereocenters. The molecule has 8 nitrogen and oxygen atoms in total. The minimum Gasteiger partial charge on any atom is -0.509 e. The van der Waals surface area contributed by atoms with Crippen LogP contribution in [0.4, 0.5) is 5.82 Å². The van der Waals surface area contributed by atoms with Gasteiger partial charge in [0.1, 0.15) is 23.7 Å². The van der Waals surface area contributed by atoms with E-state index in [1.54, 1.807) is 12.1 Å². The highest BCUT2D eigenvalue weighted by atomic mass is 32.2. The zero-order chi connectivity index (χ0) is 15.2. The first-order valence-electron chi connectivity index (χ1n) is 5.95. The maximum atomic E-state index is 10.3. The summed E-state index contributed by atoms with van der Waals surface area (Å²) in [5.74, 6) is -0.164. The first-order valence-corrected chi connectivity index (χ1v) is 6.76. The lowest BCUT2D eigenvalue weighted by atomic mass is 9.98. The Morgan fingerprint density at radius 2 is 2.29 bits per heavy atom. The summed E-state index contributed by atoms with van der Waals surface area (Å²) in [5.41, 5.74) is 6.59. The van der Waals surface area contributed by atoms with Crippen LogP contribution in [0, 0.1) is 11.3 Å². The van der Waals surface area contributed by atoms with Crippen LogP contribution in [0.3, 0.4) is 0 Å². The fourth-order valence-corrected chi connectivity index (χ4v) is 3.53. The number of thioether (sulfide) groups is 1. The Morgan fingerprint density at radius 3 is 2.90 bits per heavy atom. The van der Waals surface area contributed by atoms with Crippen molar-refractivity contribution in [2.24, 2.45) is 0 Å². The minimum absolute atomic E-state index is 0.154. The van der Waals surface area contributed by atoms with Crippen molar-refractivity contribution < 1.29 is 15.3 Å². The van der Waals surface area contributed by atoms with E-state index in [1.165, 1.54) is 10.8 Å². The van der Waals surface area contributed by atoms with E-state index in [2.05, 4.69) is 10.1 Å². The van der Waals surface area contributed by atoms with Crippen LogP contribution < -0.4 is 5.73 Å². The van der Waals surface area contributed by atoms with Gasteiger partial charge in [-0.05, 0) is 12.1 Å². The van der Waals surface area contributed by atoms with Gasteiger partial charge in [-0.2, -0.15) is 10.4 Å². The average Bonchev–Trinajstić information content (AvgIpc) is 3.03. The summed E-state index contributed by atoms with van der Waals surface area (Å²) in [7, 11) is 0. The van der Waals surface area contributed by atoms with E-state index in [9.17, 15) is 20.6 Å². The summed E-state index contributed by atoms with van der Waals surface area (Å²) in [5, 5.41) is 43.0. The van der Waals surface area contributed by atoms with Gasteiger partial charge in [0.15, 0.2) is 10.6 Å². The van der Waals surface area contributed by atoms with Gasteiger partial charge in [0.05, 0.1) is 23.3 Å². The molecule has 3 rings (SSSR count). The van der Waals surface area contributed by atoms with Crippen LogP contribution in [0.5, 0.6) is 0 Å². The second kappa shape index (κ2) is 4.63. The van der Waals surface area contributed by atoms with Crippen molar-refractivity contribution in [3.05, 3.63) is 34.8 Å². The maximum Gasteiger partial charge on any atom is 0.182 e. The molecule has 1 aliphatic heterocycles. The van der Waals surface area contributed by atoms with E-state index < -0.39 is 23.2 Å². The van der Waals surface area contributed by atoms with Crippen LogP contribution in [0.1, 0.15) is 5.69 Å². The highest BCUT2D eigenvalue weighted by Gasteiger charge is 2.52. The summed E-state index contributed by atoms with van der Waals surface area (Å²) in [6.07, 6.45) is -0.229. The molecular formula is C12H11N5O3S. The van der Waals surface area contributed by atoms with Crippen LogP contribution >= 0.6 is 11.8 Å². The number of aromatic nitrogens is 3. The normalized spacial score (nSPS) is 25.5. The predicted molar refractivity (Wildman–Crippen MR) is 75.0 cm³/mol. The number of nitrogens with two attached hydrogens (primary N) is 1. The molecule has 0 saturated carbocycles. The molecule has 1 aliphatic rings. The minimum atomic E-state index is -1.50. The van der Waals surface area contributed by atoms with Crippen LogP contribution in [-0.4, -0.2) is 42.6 Å². The molecule has 1 unspecified atom stereocenters. The van der Waals surface area contributed by atoms with Crippen LogP contribution in [-0.2, 0) is 4.75 Å². The number of aliphatic hydroxyl groups excluding tert-OH is 3. The zero-order valence-corrected chi connectivity index (χ0v) is 11.4. The zero-order valence-electron chi connectivity index (χ0n) is 10.6. The van der Waals surface area contributed by atoms with Gasteiger partial charge in [-0.15, -0.1) is 0 Å². The molecule has 9 heteroatoms. The Hall–Kier alpha value is -2.28. The molecule has 3 heterocycles. The number of anilines is 1. The third-order valence-electron chi connectivity index (χ3n) is 3.39. The van der Waals surface area contributed by atoms with Crippen molar-refractivity contribution in [1.29, 1.82) is 5.26 Å². The maximum absolute atomic E-state index is 10.3. The Kier molecular flexibility index (Phi) is 3.02. The number of nitriles is 1. The fraction of sp³-hybridized carbons (Fsp3) is 0.250. The first kappa shape index (κ1) is 13.7. The lowest BCUT2D eigenvalue weighted by Gasteiger charge is -2.23. The Bertz CT molecular complexity index is 796. The Balaban J connectivity index is 2.22. The van der Waals surface area contributed by atoms with Crippen molar-refractivity contribution in [3.63, 3.8) is 0 Å². The summed E-state index contributed by atoms with van der Waals surface area (Å²) in [6.45, 7) is -0.461. The highest BCUT2D eigenvalue weighted by molar-refractivity contribution is 8.04. The molecule has 0 amide bonds. The van der Waals surface area contributed by atoms with Crippen molar-refractivity contribution in [2.45, 2.75) is 10.9 Å². The molecule has 108 valence electrons. The van der Waals surface area contributed by atoms with Gasteiger partial charge in [-0.25, -0.2) is 9.50 Å².